The molecule has 2 nitrogen and oxygen atoms in total. The monoisotopic (exact) mass is 259 g/mol. The van der Waals surface area contributed by atoms with Gasteiger partial charge in [-0.15, -0.1) is 0 Å². The molecular formula is C16H18FNO. The molecule has 0 fully saturated rings. The zero-order chi connectivity index (χ0) is 13.8. The lowest BCUT2D eigenvalue weighted by atomic mass is 10.0. The summed E-state index contributed by atoms with van der Waals surface area (Å²) in [4.78, 5) is 0. The van der Waals surface area contributed by atoms with Gasteiger partial charge in [-0.2, -0.15) is 0 Å². The van der Waals surface area contributed by atoms with Crippen LogP contribution in [-0.2, 0) is 6.54 Å². The van der Waals surface area contributed by atoms with E-state index in [-0.39, 0.29) is 11.8 Å². The number of phenols is 1. The molecule has 1 atom stereocenters. The van der Waals surface area contributed by atoms with Gasteiger partial charge in [0.15, 0.2) is 11.6 Å². The van der Waals surface area contributed by atoms with E-state index in [2.05, 4.69) is 31.3 Å². The number of aromatic hydroxyl groups is 1. The van der Waals surface area contributed by atoms with Crippen molar-refractivity contribution < 1.29 is 9.50 Å². The van der Waals surface area contributed by atoms with Crippen LogP contribution < -0.4 is 5.32 Å². The molecule has 0 heterocycles. The minimum Gasteiger partial charge on any atom is -0.505 e. The molecule has 2 rings (SSSR count). The van der Waals surface area contributed by atoms with Gasteiger partial charge in [0, 0.05) is 12.6 Å². The van der Waals surface area contributed by atoms with Gasteiger partial charge in [-0.05, 0) is 42.7 Å². The molecule has 0 radical (unpaired) electrons. The summed E-state index contributed by atoms with van der Waals surface area (Å²) in [6, 6.07) is 12.8. The second kappa shape index (κ2) is 5.85. The van der Waals surface area contributed by atoms with Crippen LogP contribution in [0.2, 0.25) is 0 Å². The van der Waals surface area contributed by atoms with Crippen LogP contribution in [0.3, 0.4) is 0 Å². The van der Waals surface area contributed by atoms with Gasteiger partial charge in [0.25, 0.3) is 0 Å². The molecule has 0 bridgehead atoms. The molecule has 0 saturated carbocycles. The average molecular weight is 259 g/mol. The van der Waals surface area contributed by atoms with E-state index in [0.717, 1.165) is 5.56 Å². The maximum absolute atomic E-state index is 13.2. The van der Waals surface area contributed by atoms with E-state index in [1.54, 1.807) is 6.07 Å². The van der Waals surface area contributed by atoms with E-state index in [4.69, 9.17) is 5.11 Å². The molecule has 2 N–H and O–H groups in total. The molecule has 0 aromatic heterocycles. The minimum absolute atomic E-state index is 0.193. The summed E-state index contributed by atoms with van der Waals surface area (Å²) in [6.45, 7) is 4.72. The molecule has 2 aromatic rings. The predicted octanol–water partition coefficient (Wildman–Crippen LogP) is 3.69. The third kappa shape index (κ3) is 3.32. The highest BCUT2D eigenvalue weighted by Crippen LogP contribution is 2.19. The Kier molecular flexibility index (Phi) is 4.17. The van der Waals surface area contributed by atoms with Crippen molar-refractivity contribution in [3.63, 3.8) is 0 Å². The Bertz CT molecular complexity index is 568. The first kappa shape index (κ1) is 13.6. The first-order chi connectivity index (χ1) is 9.08. The van der Waals surface area contributed by atoms with Crippen molar-refractivity contribution in [1.29, 1.82) is 0 Å². The van der Waals surface area contributed by atoms with E-state index < -0.39 is 5.82 Å². The third-order valence-corrected chi connectivity index (χ3v) is 3.28. The van der Waals surface area contributed by atoms with Crippen LogP contribution in [-0.4, -0.2) is 5.11 Å². The fourth-order valence-electron chi connectivity index (χ4n) is 2.11. The number of phenolic OH excluding ortho intramolecular Hbond substituents is 1. The second-order valence-corrected chi connectivity index (χ2v) is 4.74. The topological polar surface area (TPSA) is 32.3 Å². The van der Waals surface area contributed by atoms with Crippen molar-refractivity contribution in [2.24, 2.45) is 0 Å². The summed E-state index contributed by atoms with van der Waals surface area (Å²) < 4.78 is 13.2. The molecule has 0 aliphatic rings. The highest BCUT2D eigenvalue weighted by Gasteiger charge is 2.08. The highest BCUT2D eigenvalue weighted by atomic mass is 19.1. The van der Waals surface area contributed by atoms with Crippen LogP contribution in [0, 0.1) is 12.7 Å². The average Bonchev–Trinajstić information content (AvgIpc) is 2.40. The minimum atomic E-state index is -0.581. The maximum atomic E-state index is 13.2. The van der Waals surface area contributed by atoms with E-state index in [1.165, 1.54) is 23.3 Å². The Morgan fingerprint density at radius 1 is 1.21 bits per heavy atom. The van der Waals surface area contributed by atoms with Gasteiger partial charge in [0.2, 0.25) is 0 Å². The molecule has 0 saturated heterocycles. The van der Waals surface area contributed by atoms with Crippen LogP contribution in [0.5, 0.6) is 5.75 Å². The molecule has 100 valence electrons. The van der Waals surface area contributed by atoms with Crippen molar-refractivity contribution in [2.45, 2.75) is 26.4 Å². The Morgan fingerprint density at radius 2 is 1.95 bits per heavy atom. The summed E-state index contributed by atoms with van der Waals surface area (Å²) in [7, 11) is 0. The second-order valence-electron chi connectivity index (χ2n) is 4.74. The Labute approximate surface area is 112 Å². The van der Waals surface area contributed by atoms with Crippen molar-refractivity contribution in [3.8, 4) is 5.75 Å². The summed E-state index contributed by atoms with van der Waals surface area (Å²) in [5.74, 6) is -0.890. The van der Waals surface area contributed by atoms with Gasteiger partial charge in [0.05, 0.1) is 0 Å². The number of rotatable bonds is 4. The summed E-state index contributed by atoms with van der Waals surface area (Å²) >= 11 is 0. The molecule has 0 amide bonds. The molecular weight excluding hydrogens is 241 g/mol. The Hall–Kier alpha value is -1.87. The van der Waals surface area contributed by atoms with Crippen molar-refractivity contribution in [3.05, 3.63) is 65.0 Å². The summed E-state index contributed by atoms with van der Waals surface area (Å²) in [5, 5.41) is 12.5. The normalized spacial score (nSPS) is 12.4. The lowest BCUT2D eigenvalue weighted by Gasteiger charge is -2.16. The van der Waals surface area contributed by atoms with Crippen LogP contribution >= 0.6 is 0 Å². The van der Waals surface area contributed by atoms with E-state index in [1.807, 2.05) is 12.1 Å². The molecule has 1 unspecified atom stereocenters. The summed E-state index contributed by atoms with van der Waals surface area (Å²) in [5.41, 5.74) is 3.29. The number of benzene rings is 2. The van der Waals surface area contributed by atoms with E-state index >= 15 is 0 Å². The number of halogens is 1. The molecule has 0 aliphatic heterocycles. The van der Waals surface area contributed by atoms with E-state index in [9.17, 15) is 4.39 Å². The number of nitrogens with one attached hydrogen (secondary N) is 1. The lowest BCUT2D eigenvalue weighted by molar-refractivity contribution is 0.431. The van der Waals surface area contributed by atoms with Gasteiger partial charge < -0.3 is 10.4 Å². The van der Waals surface area contributed by atoms with Gasteiger partial charge >= 0.3 is 0 Å². The number of aryl methyl sites for hydroxylation is 1. The highest BCUT2D eigenvalue weighted by molar-refractivity contribution is 5.30. The number of hydrogen-bond donors (Lipinski definition) is 2. The molecule has 3 heteroatoms. The van der Waals surface area contributed by atoms with Crippen molar-refractivity contribution in [2.75, 3.05) is 0 Å². The fraction of sp³-hybridized carbons (Fsp3) is 0.250. The standard InChI is InChI=1S/C16H18FNO/c1-11-5-3-4-6-14(11)12(2)18-10-13-7-8-16(19)15(17)9-13/h3-9,12,18-19H,10H2,1-2H3. The van der Waals surface area contributed by atoms with Gasteiger partial charge in [-0.1, -0.05) is 30.3 Å². The Morgan fingerprint density at radius 3 is 2.63 bits per heavy atom. The first-order valence-electron chi connectivity index (χ1n) is 6.34. The zero-order valence-electron chi connectivity index (χ0n) is 11.2. The molecule has 0 spiro atoms. The zero-order valence-corrected chi connectivity index (χ0v) is 11.2. The van der Waals surface area contributed by atoms with Gasteiger partial charge in [-0.25, -0.2) is 4.39 Å². The lowest BCUT2D eigenvalue weighted by Crippen LogP contribution is -2.18. The quantitative estimate of drug-likeness (QED) is 0.877. The summed E-state index contributed by atoms with van der Waals surface area (Å²) in [6.07, 6.45) is 0. The smallest absolute Gasteiger partial charge is 0.165 e. The fourth-order valence-corrected chi connectivity index (χ4v) is 2.11. The van der Waals surface area contributed by atoms with Crippen LogP contribution in [0.15, 0.2) is 42.5 Å². The van der Waals surface area contributed by atoms with Gasteiger partial charge in [-0.3, -0.25) is 0 Å². The first-order valence-corrected chi connectivity index (χ1v) is 6.34. The SMILES string of the molecule is Cc1ccccc1C(C)NCc1ccc(O)c(F)c1. The van der Waals surface area contributed by atoms with Crippen molar-refractivity contribution in [1.82, 2.24) is 5.32 Å². The largest absolute Gasteiger partial charge is 0.505 e. The van der Waals surface area contributed by atoms with Crippen molar-refractivity contribution >= 4 is 0 Å². The Balaban J connectivity index is 2.02. The molecule has 2 aromatic carbocycles. The van der Waals surface area contributed by atoms with E-state index in [0.29, 0.717) is 6.54 Å². The predicted molar refractivity (Wildman–Crippen MR) is 74.5 cm³/mol. The van der Waals surface area contributed by atoms with Gasteiger partial charge in [0.1, 0.15) is 0 Å². The molecule has 19 heavy (non-hydrogen) atoms. The third-order valence-electron chi connectivity index (χ3n) is 3.28. The molecule has 0 aliphatic carbocycles. The van der Waals surface area contributed by atoms with Crippen LogP contribution in [0.25, 0.3) is 0 Å². The number of hydrogen-bond acceptors (Lipinski definition) is 2. The maximum Gasteiger partial charge on any atom is 0.165 e. The van der Waals surface area contributed by atoms with Crippen LogP contribution in [0.4, 0.5) is 4.39 Å². The van der Waals surface area contributed by atoms with Crippen LogP contribution in [0.1, 0.15) is 29.7 Å².